The lowest BCUT2D eigenvalue weighted by atomic mass is 10.0. The largest absolute Gasteiger partial charge is 0.472 e. The van der Waals surface area contributed by atoms with E-state index in [1.807, 2.05) is 21.1 Å². The van der Waals surface area contributed by atoms with E-state index in [0.29, 0.717) is 17.6 Å². The minimum Gasteiger partial charge on any atom is -0.329 e. The summed E-state index contributed by atoms with van der Waals surface area (Å²) in [6, 6.07) is 8.75. The van der Waals surface area contributed by atoms with E-state index in [1.165, 1.54) is 105 Å². The highest BCUT2D eigenvalue weighted by Gasteiger charge is 2.21. The lowest BCUT2D eigenvalue weighted by Crippen LogP contribution is -2.37. The molecule has 0 fully saturated rings. The Morgan fingerprint density at radius 2 is 1.11 bits per heavy atom. The van der Waals surface area contributed by atoms with Crippen molar-refractivity contribution in [2.75, 3.05) is 40.9 Å². The molecule has 0 amide bonds. The van der Waals surface area contributed by atoms with Gasteiger partial charge in [0.2, 0.25) is 0 Å². The molecule has 7 heteroatoms. The molecule has 0 bridgehead atoms. The first-order chi connectivity index (χ1) is 17.2. The fourth-order valence-electron chi connectivity index (χ4n) is 4.24. The van der Waals surface area contributed by atoms with Crippen LogP contribution in [0.15, 0.2) is 24.3 Å². The van der Waals surface area contributed by atoms with Crippen LogP contribution in [-0.2, 0) is 20.0 Å². The molecule has 1 aromatic rings. The number of halogens is 1. The van der Waals surface area contributed by atoms with Crippen LogP contribution in [0.1, 0.15) is 108 Å². The van der Waals surface area contributed by atoms with Gasteiger partial charge in [0.05, 0.1) is 27.7 Å². The smallest absolute Gasteiger partial charge is 0.329 e. The zero-order valence-corrected chi connectivity index (χ0v) is 26.4. The molecule has 5 nitrogen and oxygen atoms in total. The predicted molar refractivity (Wildman–Crippen MR) is 161 cm³/mol. The van der Waals surface area contributed by atoms with Crippen LogP contribution in [0.25, 0.3) is 0 Å². The summed E-state index contributed by atoms with van der Waals surface area (Å²) in [6.45, 7) is 1.20. The summed E-state index contributed by atoms with van der Waals surface area (Å²) < 4.78 is 24.0. The Balaban J connectivity index is 1.77. The van der Waals surface area contributed by atoms with E-state index < -0.39 is 7.82 Å². The van der Waals surface area contributed by atoms with Crippen molar-refractivity contribution in [2.45, 2.75) is 109 Å². The molecule has 210 valence electrons. The lowest BCUT2D eigenvalue weighted by Gasteiger charge is -2.24. The van der Waals surface area contributed by atoms with Gasteiger partial charge < -0.3 is 9.38 Å². The van der Waals surface area contributed by atoms with Gasteiger partial charge in [-0.1, -0.05) is 108 Å². The Morgan fingerprint density at radius 3 is 1.58 bits per heavy atom. The minimum atomic E-state index is -3.89. The van der Waals surface area contributed by atoms with Crippen molar-refractivity contribution in [2.24, 2.45) is 0 Å². The van der Waals surface area contributed by atoms with Crippen LogP contribution in [0.2, 0.25) is 0 Å². The number of phosphoric ester groups is 1. The molecule has 0 aliphatic rings. The van der Waals surface area contributed by atoms with Crippen molar-refractivity contribution in [1.82, 2.24) is 0 Å². The Labute approximate surface area is 236 Å². The van der Waals surface area contributed by atoms with Gasteiger partial charge >= 0.3 is 7.82 Å². The number of benzene rings is 1. The average Bonchev–Trinajstić information content (AvgIpc) is 2.80. The molecule has 1 unspecified atom stereocenters. The molecule has 1 rings (SSSR count). The van der Waals surface area contributed by atoms with Crippen molar-refractivity contribution in [3.63, 3.8) is 0 Å². The number of rotatable bonds is 24. The Morgan fingerprint density at radius 1 is 0.694 bits per heavy atom. The maximum absolute atomic E-state index is 11.8. The maximum atomic E-state index is 11.8. The molecule has 1 N–H and O–H groups in total. The summed E-state index contributed by atoms with van der Waals surface area (Å²) in [7, 11) is 2.16. The van der Waals surface area contributed by atoms with Crippen LogP contribution in [0.3, 0.4) is 0 Å². The van der Waals surface area contributed by atoms with Gasteiger partial charge in [-0.2, -0.15) is 0 Å². The summed E-state index contributed by atoms with van der Waals surface area (Å²) >= 11 is 2.45. The number of hydrogen-bond donors (Lipinski definition) is 1. The van der Waals surface area contributed by atoms with Crippen LogP contribution in [0.4, 0.5) is 0 Å². The highest BCUT2D eigenvalue weighted by Crippen LogP contribution is 2.43. The molecule has 0 spiro atoms. The predicted octanol–water partition coefficient (Wildman–Crippen LogP) is 8.92. The number of unbranched alkanes of at least 4 members (excludes halogenated alkanes) is 15. The maximum Gasteiger partial charge on any atom is 0.472 e. The number of aryl methyl sites for hydroxylation is 1. The van der Waals surface area contributed by atoms with Gasteiger partial charge in [-0.15, -0.1) is 0 Å². The SMILES string of the molecule is C[N+](C)(C)CCOP(=O)(O)OCCCCCCCCCCCCCCCCCCc1ccccc1I. The van der Waals surface area contributed by atoms with E-state index in [1.54, 1.807) is 0 Å². The molecular weight excluding hydrogens is 584 g/mol. The third-order valence-electron chi connectivity index (χ3n) is 6.57. The van der Waals surface area contributed by atoms with Gasteiger partial charge in [0.25, 0.3) is 0 Å². The number of phosphoric acid groups is 1. The van der Waals surface area contributed by atoms with E-state index >= 15 is 0 Å². The fourth-order valence-corrected chi connectivity index (χ4v) is 5.64. The normalized spacial score (nSPS) is 13.7. The zero-order valence-electron chi connectivity index (χ0n) is 23.4. The number of nitrogens with zero attached hydrogens (tertiary/aromatic N) is 1. The average molecular weight is 639 g/mol. The third-order valence-corrected chi connectivity index (χ3v) is 8.64. The number of likely N-dealkylation sites (N-methyl/N-ethyl adjacent to an activating group) is 1. The Kier molecular flexibility index (Phi) is 19.8. The molecule has 0 aromatic heterocycles. The molecule has 0 saturated carbocycles. The Bertz CT molecular complexity index is 711. The van der Waals surface area contributed by atoms with Crippen molar-refractivity contribution < 1.29 is 23.0 Å². The summed E-state index contributed by atoms with van der Waals surface area (Å²) in [5.74, 6) is 0. The number of hydrogen-bond acceptors (Lipinski definition) is 3. The van der Waals surface area contributed by atoms with Gasteiger partial charge in [-0.05, 0) is 53.5 Å². The molecule has 36 heavy (non-hydrogen) atoms. The second-order valence-electron chi connectivity index (χ2n) is 11.1. The highest BCUT2D eigenvalue weighted by molar-refractivity contribution is 14.1. The van der Waals surface area contributed by atoms with E-state index in [2.05, 4.69) is 46.9 Å². The minimum absolute atomic E-state index is 0.229. The van der Waals surface area contributed by atoms with E-state index in [9.17, 15) is 9.46 Å². The molecule has 1 atom stereocenters. The number of quaternary nitrogens is 1. The first kappa shape index (κ1) is 34.0. The van der Waals surface area contributed by atoms with Gasteiger partial charge in [0.1, 0.15) is 13.2 Å². The second-order valence-corrected chi connectivity index (χ2v) is 13.8. The third kappa shape index (κ3) is 21.0. The quantitative estimate of drug-likeness (QED) is 0.0532. The molecule has 0 saturated heterocycles. The molecule has 1 aromatic carbocycles. The van der Waals surface area contributed by atoms with Crippen LogP contribution < -0.4 is 0 Å². The second kappa shape index (κ2) is 20.9. The van der Waals surface area contributed by atoms with Crippen LogP contribution in [-0.4, -0.2) is 50.3 Å². The summed E-state index contributed by atoms with van der Waals surface area (Å²) in [5, 5.41) is 0. The molecule has 0 aliphatic carbocycles. The first-order valence-corrected chi connectivity index (χ1v) is 16.9. The fraction of sp³-hybridized carbons (Fsp3) is 0.793. The van der Waals surface area contributed by atoms with Gasteiger partial charge in [0, 0.05) is 3.57 Å². The molecular formula is C29H54INO4P+. The Hall–Kier alpha value is 0.0200. The van der Waals surface area contributed by atoms with Crippen molar-refractivity contribution in [3.05, 3.63) is 33.4 Å². The standard InChI is InChI=1S/C29H53INO4P/c1-31(2,3)25-27-35-36(32,33)34-26-21-17-15-13-11-9-7-5-4-6-8-10-12-14-16-18-22-28-23-19-20-24-29(28)30/h19-20,23-24H,4-18,21-22,25-27H2,1-3H3/p+1. The van der Waals surface area contributed by atoms with Gasteiger partial charge in [-0.25, -0.2) is 4.57 Å². The van der Waals surface area contributed by atoms with Gasteiger partial charge in [0.15, 0.2) is 0 Å². The van der Waals surface area contributed by atoms with Crippen molar-refractivity contribution in [1.29, 1.82) is 0 Å². The molecule has 0 heterocycles. The highest BCUT2D eigenvalue weighted by atomic mass is 127. The summed E-state index contributed by atoms with van der Waals surface area (Å²) in [5.41, 5.74) is 1.51. The summed E-state index contributed by atoms with van der Waals surface area (Å²) in [4.78, 5) is 9.69. The lowest BCUT2D eigenvalue weighted by molar-refractivity contribution is -0.870. The van der Waals surface area contributed by atoms with Crippen molar-refractivity contribution >= 4 is 30.4 Å². The van der Waals surface area contributed by atoms with Gasteiger partial charge in [-0.3, -0.25) is 9.05 Å². The molecule has 0 radical (unpaired) electrons. The molecule has 0 aliphatic heterocycles. The monoisotopic (exact) mass is 638 g/mol. The zero-order chi connectivity index (χ0) is 26.5. The first-order valence-electron chi connectivity index (χ1n) is 14.4. The van der Waals surface area contributed by atoms with E-state index in [4.69, 9.17) is 9.05 Å². The topological polar surface area (TPSA) is 55.8 Å². The van der Waals surface area contributed by atoms with Crippen LogP contribution >= 0.6 is 30.4 Å². The van der Waals surface area contributed by atoms with Crippen LogP contribution in [0.5, 0.6) is 0 Å². The van der Waals surface area contributed by atoms with E-state index in [0.717, 1.165) is 12.8 Å². The van der Waals surface area contributed by atoms with Crippen LogP contribution in [0, 0.1) is 3.57 Å². The van der Waals surface area contributed by atoms with Crippen molar-refractivity contribution in [3.8, 4) is 0 Å². The summed E-state index contributed by atoms with van der Waals surface area (Å²) in [6.07, 6.45) is 22.0. The van der Waals surface area contributed by atoms with E-state index in [-0.39, 0.29) is 6.61 Å².